The van der Waals surface area contributed by atoms with Crippen molar-refractivity contribution < 1.29 is 19.1 Å². The lowest BCUT2D eigenvalue weighted by atomic mass is 10.1. The fraction of sp³-hybridized carbons (Fsp3) is 0.211. The number of imide groups is 1. The van der Waals surface area contributed by atoms with E-state index in [1.54, 1.807) is 48.5 Å². The van der Waals surface area contributed by atoms with Gasteiger partial charge in [0.1, 0.15) is 6.10 Å². The van der Waals surface area contributed by atoms with Crippen molar-refractivity contribution in [3.05, 3.63) is 59.7 Å². The van der Waals surface area contributed by atoms with E-state index in [1.165, 1.54) is 0 Å². The molecule has 1 atom stereocenters. The number of carbonyl (C=O) groups is 3. The molecule has 126 valence electrons. The molecular formula is C19H16N2O4. The number of nitrogens with zero attached hydrogens (tertiary/aromatic N) is 1. The van der Waals surface area contributed by atoms with Crippen LogP contribution in [0.25, 0.3) is 0 Å². The van der Waals surface area contributed by atoms with Crippen molar-refractivity contribution in [3.63, 3.8) is 0 Å². The third kappa shape index (κ3) is 2.70. The zero-order valence-corrected chi connectivity index (χ0v) is 13.4. The Kier molecular flexibility index (Phi) is 3.82. The van der Waals surface area contributed by atoms with Gasteiger partial charge in [0, 0.05) is 12.3 Å². The second kappa shape index (κ2) is 6.14. The van der Waals surface area contributed by atoms with E-state index in [0.717, 1.165) is 11.3 Å². The number of rotatable bonds is 3. The number of ether oxygens (including phenoxy) is 1. The quantitative estimate of drug-likeness (QED) is 0.874. The van der Waals surface area contributed by atoms with Gasteiger partial charge in [-0.3, -0.25) is 14.4 Å². The molecule has 0 saturated carbocycles. The van der Waals surface area contributed by atoms with Gasteiger partial charge in [-0.1, -0.05) is 18.2 Å². The predicted molar refractivity (Wildman–Crippen MR) is 91.6 cm³/mol. The number of hydrogen-bond acceptors (Lipinski definition) is 4. The molecule has 0 spiro atoms. The summed E-state index contributed by atoms with van der Waals surface area (Å²) in [5, 5.41) is 2.79. The normalized spacial score (nSPS) is 19.2. The molecule has 0 radical (unpaired) electrons. The third-order valence-electron chi connectivity index (χ3n) is 4.39. The molecule has 0 aliphatic carbocycles. The van der Waals surface area contributed by atoms with Crippen molar-refractivity contribution in [2.24, 2.45) is 0 Å². The molecular weight excluding hydrogens is 320 g/mol. The van der Waals surface area contributed by atoms with Crippen LogP contribution in [-0.4, -0.2) is 30.4 Å². The first-order valence-corrected chi connectivity index (χ1v) is 8.15. The molecule has 0 aromatic heterocycles. The highest BCUT2D eigenvalue weighted by atomic mass is 16.5. The van der Waals surface area contributed by atoms with Crippen LogP contribution in [-0.2, 0) is 9.53 Å². The highest BCUT2D eigenvalue weighted by Gasteiger charge is 2.36. The van der Waals surface area contributed by atoms with Gasteiger partial charge in [-0.2, -0.15) is 0 Å². The van der Waals surface area contributed by atoms with Crippen LogP contribution in [0, 0.1) is 0 Å². The molecule has 1 fully saturated rings. The van der Waals surface area contributed by atoms with E-state index in [-0.39, 0.29) is 17.7 Å². The van der Waals surface area contributed by atoms with E-state index in [1.807, 2.05) is 0 Å². The number of fused-ring (bicyclic) bond motifs is 1. The van der Waals surface area contributed by atoms with Crippen molar-refractivity contribution in [1.82, 2.24) is 0 Å². The van der Waals surface area contributed by atoms with Gasteiger partial charge in [0.25, 0.3) is 17.7 Å². The summed E-state index contributed by atoms with van der Waals surface area (Å²) in [5.41, 5.74) is 1.73. The van der Waals surface area contributed by atoms with Gasteiger partial charge in [-0.15, -0.1) is 0 Å². The fourth-order valence-corrected chi connectivity index (χ4v) is 3.15. The average molecular weight is 336 g/mol. The van der Waals surface area contributed by atoms with Crippen LogP contribution < -0.4 is 10.2 Å². The van der Waals surface area contributed by atoms with Crippen molar-refractivity contribution in [3.8, 4) is 0 Å². The van der Waals surface area contributed by atoms with E-state index in [0.29, 0.717) is 35.5 Å². The molecule has 4 rings (SSSR count). The Morgan fingerprint density at radius 1 is 1.04 bits per heavy atom. The van der Waals surface area contributed by atoms with Crippen LogP contribution in [0.2, 0.25) is 0 Å². The summed E-state index contributed by atoms with van der Waals surface area (Å²) in [5.74, 6) is -0.927. The lowest BCUT2D eigenvalue weighted by molar-refractivity contribution is -0.124. The van der Waals surface area contributed by atoms with Crippen LogP contribution in [0.3, 0.4) is 0 Å². The van der Waals surface area contributed by atoms with Crippen LogP contribution in [0.15, 0.2) is 48.5 Å². The van der Waals surface area contributed by atoms with Crippen LogP contribution >= 0.6 is 0 Å². The van der Waals surface area contributed by atoms with E-state index >= 15 is 0 Å². The zero-order chi connectivity index (χ0) is 17.4. The molecule has 1 N–H and O–H groups in total. The number of nitrogens with one attached hydrogen (secondary N) is 1. The second-order valence-electron chi connectivity index (χ2n) is 6.03. The Hall–Kier alpha value is -2.99. The molecule has 6 heteroatoms. The summed E-state index contributed by atoms with van der Waals surface area (Å²) >= 11 is 0. The molecule has 2 aliphatic heterocycles. The number of anilines is 2. The van der Waals surface area contributed by atoms with Gasteiger partial charge in [-0.05, 0) is 43.2 Å². The molecule has 25 heavy (non-hydrogen) atoms. The minimum Gasteiger partial charge on any atom is -0.368 e. The molecule has 1 saturated heterocycles. The Balaban J connectivity index is 1.59. The fourth-order valence-electron chi connectivity index (χ4n) is 3.15. The number of amides is 3. The summed E-state index contributed by atoms with van der Waals surface area (Å²) in [7, 11) is 0. The molecule has 2 heterocycles. The van der Waals surface area contributed by atoms with Crippen molar-refractivity contribution in [2.45, 2.75) is 18.9 Å². The van der Waals surface area contributed by atoms with Crippen LogP contribution in [0.4, 0.5) is 11.4 Å². The molecule has 2 aliphatic rings. The third-order valence-corrected chi connectivity index (χ3v) is 4.39. The topological polar surface area (TPSA) is 75.7 Å². The van der Waals surface area contributed by atoms with E-state index in [2.05, 4.69) is 5.32 Å². The maximum atomic E-state index is 12.5. The van der Waals surface area contributed by atoms with Gasteiger partial charge in [0.15, 0.2) is 0 Å². The molecule has 3 amide bonds. The summed E-state index contributed by atoms with van der Waals surface area (Å²) in [6.45, 7) is 0.590. The highest BCUT2D eigenvalue weighted by molar-refractivity contribution is 6.34. The van der Waals surface area contributed by atoms with Crippen LogP contribution in [0.5, 0.6) is 0 Å². The maximum Gasteiger partial charge on any atom is 0.266 e. The number of hydrogen-bond donors (Lipinski definition) is 1. The monoisotopic (exact) mass is 336 g/mol. The van der Waals surface area contributed by atoms with Gasteiger partial charge in [0.2, 0.25) is 0 Å². The number of carbonyl (C=O) groups excluding carboxylic acids is 3. The Bertz CT molecular complexity index is 836. The Morgan fingerprint density at radius 2 is 1.76 bits per heavy atom. The van der Waals surface area contributed by atoms with Gasteiger partial charge in [0.05, 0.1) is 16.8 Å². The number of benzene rings is 2. The maximum absolute atomic E-state index is 12.5. The summed E-state index contributed by atoms with van der Waals surface area (Å²) in [4.78, 5) is 38.4. The summed E-state index contributed by atoms with van der Waals surface area (Å²) in [6.07, 6.45) is 1.12. The Labute approximate surface area is 144 Å². The lowest BCUT2D eigenvalue weighted by Crippen LogP contribution is -2.30. The molecule has 0 bridgehead atoms. The molecule has 2 aromatic carbocycles. The molecule has 6 nitrogen and oxygen atoms in total. The Morgan fingerprint density at radius 3 is 2.40 bits per heavy atom. The molecule has 2 aromatic rings. The SMILES string of the molecule is O=C(Nc1cccc(N2C(=O)c3ccccc3C2=O)c1)C1CCCO1. The summed E-state index contributed by atoms with van der Waals surface area (Å²) < 4.78 is 5.36. The first-order chi connectivity index (χ1) is 12.1. The van der Waals surface area contributed by atoms with E-state index < -0.39 is 6.10 Å². The van der Waals surface area contributed by atoms with Gasteiger partial charge >= 0.3 is 0 Å². The minimum absolute atomic E-state index is 0.211. The average Bonchev–Trinajstić information content (AvgIpc) is 3.24. The standard InChI is InChI=1S/C19H16N2O4/c22-17(16-9-4-10-25-16)20-12-5-3-6-13(11-12)21-18(23)14-7-1-2-8-15(14)19(21)24/h1-3,5-8,11,16H,4,9-10H2,(H,20,22). The van der Waals surface area contributed by atoms with E-state index in [9.17, 15) is 14.4 Å². The van der Waals surface area contributed by atoms with Crippen molar-refractivity contribution in [2.75, 3.05) is 16.8 Å². The van der Waals surface area contributed by atoms with E-state index in [4.69, 9.17) is 4.74 Å². The second-order valence-corrected chi connectivity index (χ2v) is 6.03. The smallest absolute Gasteiger partial charge is 0.266 e. The first kappa shape index (κ1) is 15.5. The molecule has 1 unspecified atom stereocenters. The first-order valence-electron chi connectivity index (χ1n) is 8.15. The highest BCUT2D eigenvalue weighted by Crippen LogP contribution is 2.29. The largest absolute Gasteiger partial charge is 0.368 e. The van der Waals surface area contributed by atoms with Gasteiger partial charge in [-0.25, -0.2) is 4.90 Å². The lowest BCUT2D eigenvalue weighted by Gasteiger charge is -2.16. The summed E-state index contributed by atoms with van der Waals surface area (Å²) in [6, 6.07) is 13.4. The minimum atomic E-state index is -0.442. The zero-order valence-electron chi connectivity index (χ0n) is 13.4. The van der Waals surface area contributed by atoms with Crippen molar-refractivity contribution >= 4 is 29.1 Å². The predicted octanol–water partition coefficient (Wildman–Crippen LogP) is 2.60. The van der Waals surface area contributed by atoms with Crippen LogP contribution in [0.1, 0.15) is 33.6 Å². The van der Waals surface area contributed by atoms with Gasteiger partial charge < -0.3 is 10.1 Å². The van der Waals surface area contributed by atoms with Crippen molar-refractivity contribution in [1.29, 1.82) is 0 Å².